The first-order chi connectivity index (χ1) is 10.3. The summed E-state index contributed by atoms with van der Waals surface area (Å²) in [5.74, 6) is 0.633. The van der Waals surface area contributed by atoms with E-state index in [-0.39, 0.29) is 22.8 Å². The van der Waals surface area contributed by atoms with Gasteiger partial charge in [-0.15, -0.1) is 0 Å². The molecule has 0 aliphatic rings. The van der Waals surface area contributed by atoms with Gasteiger partial charge in [0.25, 0.3) is 5.56 Å². The third kappa shape index (κ3) is 1.63. The Labute approximate surface area is 124 Å². The van der Waals surface area contributed by atoms with E-state index in [0.29, 0.717) is 5.76 Å². The average molecular weight is 304 g/mol. The van der Waals surface area contributed by atoms with Crippen molar-refractivity contribution < 1.29 is 9.21 Å². The van der Waals surface area contributed by atoms with Crippen molar-refractivity contribution in [3.8, 4) is 0 Å². The maximum absolute atomic E-state index is 12.8. The lowest BCUT2D eigenvalue weighted by atomic mass is 10.2. The Morgan fingerprint density at radius 3 is 2.50 bits per heavy atom. The van der Waals surface area contributed by atoms with Gasteiger partial charge in [-0.3, -0.25) is 18.6 Å². The average Bonchev–Trinajstić information content (AvgIpc) is 2.94. The van der Waals surface area contributed by atoms with Crippen molar-refractivity contribution in [1.29, 1.82) is 0 Å². The fourth-order valence-corrected chi connectivity index (χ4v) is 2.54. The first kappa shape index (κ1) is 14.3. The molecule has 0 bridgehead atoms. The standard InChI is InChI=1S/C14H16N4O4/c1-6(8(3)19)18-12(20)10-11(16(5)14(18)21)15-13-17(10)7(2)9(4)22-13/h6H,1-5H3. The molecule has 0 aliphatic heterocycles. The van der Waals surface area contributed by atoms with E-state index in [1.165, 1.54) is 25.5 Å². The second-order valence-corrected chi connectivity index (χ2v) is 5.45. The Morgan fingerprint density at radius 1 is 1.27 bits per heavy atom. The fraction of sp³-hybridized carbons (Fsp3) is 0.429. The van der Waals surface area contributed by atoms with Crippen LogP contribution in [0.25, 0.3) is 17.0 Å². The maximum Gasteiger partial charge on any atom is 0.333 e. The van der Waals surface area contributed by atoms with Crippen LogP contribution in [0.3, 0.4) is 0 Å². The number of fused-ring (bicyclic) bond motifs is 3. The number of oxazole rings is 1. The van der Waals surface area contributed by atoms with Gasteiger partial charge in [0.2, 0.25) is 0 Å². The van der Waals surface area contributed by atoms with E-state index < -0.39 is 17.3 Å². The molecule has 0 amide bonds. The molecule has 0 saturated carbocycles. The normalized spacial score (nSPS) is 13.1. The molecule has 116 valence electrons. The number of nitrogens with zero attached hydrogens (tertiary/aromatic N) is 4. The van der Waals surface area contributed by atoms with E-state index in [2.05, 4.69) is 4.98 Å². The van der Waals surface area contributed by atoms with Crippen LogP contribution in [0.2, 0.25) is 0 Å². The zero-order valence-electron chi connectivity index (χ0n) is 13.0. The van der Waals surface area contributed by atoms with Gasteiger partial charge in [0.1, 0.15) is 5.76 Å². The molecule has 22 heavy (non-hydrogen) atoms. The Hall–Kier alpha value is -2.64. The molecule has 0 N–H and O–H groups in total. The van der Waals surface area contributed by atoms with E-state index >= 15 is 0 Å². The Balaban J connectivity index is 2.60. The molecule has 1 unspecified atom stereocenters. The highest BCUT2D eigenvalue weighted by molar-refractivity contribution is 5.80. The number of ketones is 1. The minimum atomic E-state index is -0.838. The van der Waals surface area contributed by atoms with Gasteiger partial charge in [-0.25, -0.2) is 9.36 Å². The van der Waals surface area contributed by atoms with Gasteiger partial charge in [0, 0.05) is 7.05 Å². The molecule has 0 fully saturated rings. The summed E-state index contributed by atoms with van der Waals surface area (Å²) in [6.07, 6.45) is 0. The second kappa shape index (κ2) is 4.43. The topological polar surface area (TPSA) is 91.5 Å². The Morgan fingerprint density at radius 2 is 1.91 bits per heavy atom. The molecule has 3 aromatic heterocycles. The van der Waals surface area contributed by atoms with Crippen LogP contribution < -0.4 is 11.2 Å². The van der Waals surface area contributed by atoms with Crippen LogP contribution in [-0.2, 0) is 11.8 Å². The molecular weight excluding hydrogens is 288 g/mol. The number of rotatable bonds is 2. The van der Waals surface area contributed by atoms with E-state index in [0.717, 1.165) is 10.3 Å². The third-order valence-electron chi connectivity index (χ3n) is 4.13. The van der Waals surface area contributed by atoms with Crippen LogP contribution in [0.5, 0.6) is 0 Å². The third-order valence-corrected chi connectivity index (χ3v) is 4.13. The fourth-order valence-electron chi connectivity index (χ4n) is 2.54. The van der Waals surface area contributed by atoms with Gasteiger partial charge in [-0.2, -0.15) is 4.98 Å². The molecule has 0 aliphatic carbocycles. The number of carbonyl (C=O) groups excluding carboxylic acids is 1. The summed E-state index contributed by atoms with van der Waals surface area (Å²) in [4.78, 5) is 41.0. The molecule has 1 atom stereocenters. The van der Waals surface area contributed by atoms with Crippen molar-refractivity contribution in [2.24, 2.45) is 7.05 Å². The van der Waals surface area contributed by atoms with E-state index in [1.807, 2.05) is 0 Å². The smallest absolute Gasteiger partial charge is 0.333 e. The van der Waals surface area contributed by atoms with Gasteiger partial charge >= 0.3 is 11.5 Å². The highest BCUT2D eigenvalue weighted by Gasteiger charge is 2.24. The number of Topliss-reactive ketones (excluding diaryl/α,β-unsaturated/α-hetero) is 1. The first-order valence-electron chi connectivity index (χ1n) is 6.85. The monoisotopic (exact) mass is 304 g/mol. The van der Waals surface area contributed by atoms with Crippen LogP contribution in [0.4, 0.5) is 0 Å². The lowest BCUT2D eigenvalue weighted by molar-refractivity contribution is -0.119. The van der Waals surface area contributed by atoms with Gasteiger partial charge in [0.05, 0.1) is 11.7 Å². The molecular formula is C14H16N4O4. The molecule has 8 heteroatoms. The van der Waals surface area contributed by atoms with E-state index in [1.54, 1.807) is 18.2 Å². The van der Waals surface area contributed by atoms with Crippen molar-refractivity contribution in [3.05, 3.63) is 32.3 Å². The van der Waals surface area contributed by atoms with Crippen LogP contribution in [0.1, 0.15) is 31.3 Å². The number of hydrogen-bond donors (Lipinski definition) is 0. The highest BCUT2D eigenvalue weighted by Crippen LogP contribution is 2.19. The van der Waals surface area contributed by atoms with E-state index in [4.69, 9.17) is 4.42 Å². The Bertz CT molecular complexity index is 1050. The zero-order valence-corrected chi connectivity index (χ0v) is 13.0. The van der Waals surface area contributed by atoms with Gasteiger partial charge in [-0.1, -0.05) is 0 Å². The van der Waals surface area contributed by atoms with Crippen molar-refractivity contribution in [2.75, 3.05) is 0 Å². The van der Waals surface area contributed by atoms with Crippen molar-refractivity contribution in [1.82, 2.24) is 18.5 Å². The van der Waals surface area contributed by atoms with Crippen molar-refractivity contribution in [2.45, 2.75) is 33.7 Å². The molecule has 0 aromatic carbocycles. The predicted molar refractivity (Wildman–Crippen MR) is 79.3 cm³/mol. The second-order valence-electron chi connectivity index (χ2n) is 5.45. The molecule has 3 aromatic rings. The predicted octanol–water partition coefficient (Wildman–Crippen LogP) is 0.708. The quantitative estimate of drug-likeness (QED) is 0.695. The number of imidazole rings is 1. The SMILES string of the molecule is CC(=O)C(C)n1c(=O)c2c(nc3oc(C)c(C)n32)n(C)c1=O. The number of carbonyl (C=O) groups is 1. The summed E-state index contributed by atoms with van der Waals surface area (Å²) < 4.78 is 9.30. The van der Waals surface area contributed by atoms with Gasteiger partial charge < -0.3 is 4.42 Å². The minimum Gasteiger partial charge on any atom is -0.428 e. The summed E-state index contributed by atoms with van der Waals surface area (Å²) in [6, 6.07) is -0.838. The molecule has 0 spiro atoms. The van der Waals surface area contributed by atoms with Crippen molar-refractivity contribution >= 4 is 22.8 Å². The summed E-state index contributed by atoms with van der Waals surface area (Å²) in [6.45, 7) is 6.45. The minimum absolute atomic E-state index is 0.236. The molecule has 0 saturated heterocycles. The lowest BCUT2D eigenvalue weighted by Crippen LogP contribution is -2.42. The van der Waals surface area contributed by atoms with Crippen LogP contribution >= 0.6 is 0 Å². The highest BCUT2D eigenvalue weighted by atomic mass is 16.4. The summed E-state index contributed by atoms with van der Waals surface area (Å²) >= 11 is 0. The summed E-state index contributed by atoms with van der Waals surface area (Å²) in [5.41, 5.74) is 0.0891. The molecule has 0 radical (unpaired) electrons. The van der Waals surface area contributed by atoms with Crippen molar-refractivity contribution in [3.63, 3.8) is 0 Å². The Kier molecular flexibility index (Phi) is 2.88. The summed E-state index contributed by atoms with van der Waals surface area (Å²) in [5, 5.41) is 0. The zero-order chi connectivity index (χ0) is 16.3. The van der Waals surface area contributed by atoms with Crippen LogP contribution in [-0.4, -0.2) is 24.3 Å². The van der Waals surface area contributed by atoms with E-state index in [9.17, 15) is 14.4 Å². The van der Waals surface area contributed by atoms with Crippen LogP contribution in [0.15, 0.2) is 14.0 Å². The molecule has 3 heterocycles. The largest absolute Gasteiger partial charge is 0.428 e. The molecule has 3 rings (SSSR count). The number of aromatic nitrogens is 4. The number of aryl methyl sites for hydroxylation is 3. The lowest BCUT2D eigenvalue weighted by Gasteiger charge is -2.12. The first-order valence-corrected chi connectivity index (χ1v) is 6.85. The maximum atomic E-state index is 12.8. The van der Waals surface area contributed by atoms with Gasteiger partial charge in [-0.05, 0) is 27.7 Å². The summed E-state index contributed by atoms with van der Waals surface area (Å²) in [7, 11) is 1.52. The molecule has 8 nitrogen and oxygen atoms in total. The van der Waals surface area contributed by atoms with Gasteiger partial charge in [0.15, 0.2) is 16.9 Å². The van der Waals surface area contributed by atoms with Crippen LogP contribution in [0, 0.1) is 13.8 Å². The number of hydrogen-bond acceptors (Lipinski definition) is 5.